The molecule has 17 heavy (non-hydrogen) atoms. The van der Waals surface area contributed by atoms with E-state index >= 15 is 0 Å². The Morgan fingerprint density at radius 2 is 1.53 bits per heavy atom. The van der Waals surface area contributed by atoms with Crippen LogP contribution in [0.15, 0.2) is 0 Å². The van der Waals surface area contributed by atoms with Crippen LogP contribution in [0.3, 0.4) is 0 Å². The lowest BCUT2D eigenvalue weighted by atomic mass is 10.0. The molecule has 2 atom stereocenters. The average molecular weight is 245 g/mol. The molecule has 0 spiro atoms. The number of carbonyl (C=O) groups is 2. The van der Waals surface area contributed by atoms with Gasteiger partial charge >= 0.3 is 11.9 Å². The number of aliphatic hydroxyl groups excluding tert-OH is 1. The van der Waals surface area contributed by atoms with E-state index in [2.05, 4.69) is 0 Å². The maximum absolute atomic E-state index is 10.7. The molecular formula is C11H19NO5. The van der Waals surface area contributed by atoms with E-state index in [-0.39, 0.29) is 19.1 Å². The van der Waals surface area contributed by atoms with Gasteiger partial charge in [-0.3, -0.25) is 14.5 Å². The molecule has 2 unspecified atom stereocenters. The zero-order chi connectivity index (χ0) is 12.8. The summed E-state index contributed by atoms with van der Waals surface area (Å²) in [6, 6.07) is -0.357. The third kappa shape index (κ3) is 4.70. The Labute approximate surface area is 99.8 Å². The van der Waals surface area contributed by atoms with Crippen LogP contribution < -0.4 is 0 Å². The lowest BCUT2D eigenvalue weighted by Crippen LogP contribution is -2.47. The molecule has 0 aromatic carbocycles. The number of carboxylic acids is 2. The van der Waals surface area contributed by atoms with Gasteiger partial charge in [-0.2, -0.15) is 0 Å². The SMILES string of the molecule is O=C(O)CN(CC(=O)O)C1CCCCCC1O. The van der Waals surface area contributed by atoms with Crippen LogP contribution in [0, 0.1) is 0 Å². The fourth-order valence-electron chi connectivity index (χ4n) is 2.33. The molecule has 0 aliphatic heterocycles. The van der Waals surface area contributed by atoms with Gasteiger partial charge in [-0.25, -0.2) is 0 Å². The first-order chi connectivity index (χ1) is 8.00. The van der Waals surface area contributed by atoms with Crippen LogP contribution in [-0.2, 0) is 9.59 Å². The second-order valence-electron chi connectivity index (χ2n) is 4.47. The first-order valence-electron chi connectivity index (χ1n) is 5.86. The van der Waals surface area contributed by atoms with Gasteiger partial charge in [0.2, 0.25) is 0 Å². The predicted octanol–water partition coefficient (Wildman–Crippen LogP) is 0.151. The Morgan fingerprint density at radius 1 is 1.00 bits per heavy atom. The van der Waals surface area contributed by atoms with E-state index in [0.717, 1.165) is 19.3 Å². The molecule has 0 heterocycles. The lowest BCUT2D eigenvalue weighted by molar-refractivity contribution is -0.144. The molecule has 1 rings (SSSR count). The Hall–Kier alpha value is -1.14. The molecule has 1 aliphatic rings. The second kappa shape index (κ2) is 6.56. The predicted molar refractivity (Wildman–Crippen MR) is 59.7 cm³/mol. The normalized spacial score (nSPS) is 25.5. The molecule has 0 amide bonds. The zero-order valence-corrected chi connectivity index (χ0v) is 9.71. The van der Waals surface area contributed by atoms with Gasteiger partial charge in [0, 0.05) is 6.04 Å². The van der Waals surface area contributed by atoms with Crippen molar-refractivity contribution in [3.05, 3.63) is 0 Å². The maximum Gasteiger partial charge on any atom is 0.317 e. The van der Waals surface area contributed by atoms with Crippen LogP contribution in [-0.4, -0.2) is 57.4 Å². The molecule has 98 valence electrons. The number of aliphatic carboxylic acids is 2. The van der Waals surface area contributed by atoms with E-state index in [1.165, 1.54) is 4.90 Å². The number of aliphatic hydroxyl groups is 1. The van der Waals surface area contributed by atoms with Crippen molar-refractivity contribution in [1.82, 2.24) is 4.90 Å². The van der Waals surface area contributed by atoms with Crippen molar-refractivity contribution in [1.29, 1.82) is 0 Å². The van der Waals surface area contributed by atoms with Gasteiger partial charge in [0.1, 0.15) is 0 Å². The molecule has 0 bridgehead atoms. The quantitative estimate of drug-likeness (QED) is 0.596. The molecule has 0 radical (unpaired) electrons. The highest BCUT2D eigenvalue weighted by Gasteiger charge is 2.29. The van der Waals surface area contributed by atoms with Crippen molar-refractivity contribution in [2.75, 3.05) is 13.1 Å². The van der Waals surface area contributed by atoms with E-state index in [0.29, 0.717) is 12.8 Å². The van der Waals surface area contributed by atoms with Crippen LogP contribution >= 0.6 is 0 Å². The van der Waals surface area contributed by atoms with Gasteiger partial charge < -0.3 is 15.3 Å². The Kier molecular flexibility index (Phi) is 5.37. The third-order valence-corrected chi connectivity index (χ3v) is 3.09. The summed E-state index contributed by atoms with van der Waals surface area (Å²) in [7, 11) is 0. The molecule has 0 saturated heterocycles. The smallest absolute Gasteiger partial charge is 0.317 e. The fourth-order valence-corrected chi connectivity index (χ4v) is 2.33. The molecule has 1 aliphatic carbocycles. The molecule has 0 aromatic rings. The summed E-state index contributed by atoms with van der Waals surface area (Å²) in [4.78, 5) is 22.8. The summed E-state index contributed by atoms with van der Waals surface area (Å²) in [5.41, 5.74) is 0. The lowest BCUT2D eigenvalue weighted by Gasteiger charge is -2.31. The van der Waals surface area contributed by atoms with Gasteiger partial charge in [-0.05, 0) is 12.8 Å². The number of hydrogen-bond donors (Lipinski definition) is 3. The highest BCUT2D eigenvalue weighted by atomic mass is 16.4. The van der Waals surface area contributed by atoms with E-state index in [1.807, 2.05) is 0 Å². The maximum atomic E-state index is 10.7. The highest BCUT2D eigenvalue weighted by molar-refractivity contribution is 5.72. The summed E-state index contributed by atoms with van der Waals surface area (Å²) >= 11 is 0. The second-order valence-corrected chi connectivity index (χ2v) is 4.47. The minimum atomic E-state index is -1.07. The minimum Gasteiger partial charge on any atom is -0.480 e. The van der Waals surface area contributed by atoms with Crippen LogP contribution in [0.1, 0.15) is 32.1 Å². The van der Waals surface area contributed by atoms with Crippen LogP contribution in [0.2, 0.25) is 0 Å². The number of rotatable bonds is 5. The minimum absolute atomic E-state index is 0.339. The van der Waals surface area contributed by atoms with Crippen molar-refractivity contribution in [2.45, 2.75) is 44.2 Å². The van der Waals surface area contributed by atoms with Crippen molar-refractivity contribution >= 4 is 11.9 Å². The van der Waals surface area contributed by atoms with Crippen LogP contribution in [0.25, 0.3) is 0 Å². The van der Waals surface area contributed by atoms with Crippen molar-refractivity contribution < 1.29 is 24.9 Å². The van der Waals surface area contributed by atoms with E-state index < -0.39 is 18.0 Å². The third-order valence-electron chi connectivity index (χ3n) is 3.09. The summed E-state index contributed by atoms with van der Waals surface area (Å²) in [5.74, 6) is -2.13. The van der Waals surface area contributed by atoms with Crippen molar-refractivity contribution in [3.8, 4) is 0 Å². The Bertz CT molecular complexity index is 265. The van der Waals surface area contributed by atoms with Gasteiger partial charge in [0.05, 0.1) is 19.2 Å². The molecular weight excluding hydrogens is 226 g/mol. The van der Waals surface area contributed by atoms with Crippen molar-refractivity contribution in [3.63, 3.8) is 0 Å². The number of nitrogens with zero attached hydrogens (tertiary/aromatic N) is 1. The standard InChI is InChI=1S/C11H19NO5/c13-9-5-3-1-2-4-8(9)12(6-10(14)15)7-11(16)17/h8-9,13H,1-7H2,(H,14,15)(H,16,17). The zero-order valence-electron chi connectivity index (χ0n) is 9.71. The summed E-state index contributed by atoms with van der Waals surface area (Å²) in [6.07, 6.45) is 3.45. The Balaban J connectivity index is 2.70. The highest BCUT2D eigenvalue weighted by Crippen LogP contribution is 2.22. The Morgan fingerprint density at radius 3 is 2.06 bits per heavy atom. The monoisotopic (exact) mass is 245 g/mol. The largest absolute Gasteiger partial charge is 0.480 e. The van der Waals surface area contributed by atoms with E-state index in [1.54, 1.807) is 0 Å². The topological polar surface area (TPSA) is 98.1 Å². The van der Waals surface area contributed by atoms with Gasteiger partial charge in [-0.1, -0.05) is 19.3 Å². The number of hydrogen-bond acceptors (Lipinski definition) is 4. The van der Waals surface area contributed by atoms with Gasteiger partial charge in [0.15, 0.2) is 0 Å². The van der Waals surface area contributed by atoms with E-state index in [4.69, 9.17) is 10.2 Å². The van der Waals surface area contributed by atoms with Gasteiger partial charge in [0.25, 0.3) is 0 Å². The van der Waals surface area contributed by atoms with Crippen LogP contribution in [0.4, 0.5) is 0 Å². The first-order valence-corrected chi connectivity index (χ1v) is 5.86. The van der Waals surface area contributed by atoms with Crippen LogP contribution in [0.5, 0.6) is 0 Å². The molecule has 6 nitrogen and oxygen atoms in total. The molecule has 1 fully saturated rings. The molecule has 3 N–H and O–H groups in total. The number of carboxylic acid groups (broad SMARTS) is 2. The summed E-state index contributed by atoms with van der Waals surface area (Å²) < 4.78 is 0. The summed E-state index contributed by atoms with van der Waals surface area (Å²) in [6.45, 7) is -0.679. The first kappa shape index (κ1) is 13.9. The van der Waals surface area contributed by atoms with E-state index in [9.17, 15) is 14.7 Å². The average Bonchev–Trinajstić information content (AvgIpc) is 2.40. The van der Waals surface area contributed by atoms with Gasteiger partial charge in [-0.15, -0.1) is 0 Å². The molecule has 6 heteroatoms. The summed E-state index contributed by atoms with van der Waals surface area (Å²) in [5, 5.41) is 27.5. The molecule has 0 aromatic heterocycles. The fraction of sp³-hybridized carbons (Fsp3) is 0.818. The van der Waals surface area contributed by atoms with Crippen molar-refractivity contribution in [2.24, 2.45) is 0 Å². The molecule has 1 saturated carbocycles.